The fourth-order valence-electron chi connectivity index (χ4n) is 6.19. The Kier molecular flexibility index (Phi) is 44.5. The summed E-state index contributed by atoms with van der Waals surface area (Å²) in [5.74, 6) is -0.438. The van der Waals surface area contributed by atoms with Crippen molar-refractivity contribution in [1.29, 1.82) is 0 Å². The van der Waals surface area contributed by atoms with E-state index in [1.807, 2.05) is 0 Å². The van der Waals surface area contributed by atoms with E-state index in [1.54, 1.807) is 0 Å². The summed E-state index contributed by atoms with van der Waals surface area (Å²) in [6.45, 7) is 7.57. The Morgan fingerprint density at radius 3 is 1.38 bits per heavy atom. The first-order chi connectivity index (χ1) is 27.6. The Morgan fingerprint density at radius 1 is 0.411 bits per heavy atom. The molecule has 0 spiro atoms. The minimum absolute atomic E-state index is 0.0658. The fourth-order valence-corrected chi connectivity index (χ4v) is 6.19. The predicted molar refractivity (Wildman–Crippen MR) is 242 cm³/mol. The monoisotopic (exact) mass is 781 g/mol. The summed E-state index contributed by atoms with van der Waals surface area (Å²) in [5, 5.41) is 0. The van der Waals surface area contributed by atoms with Crippen molar-refractivity contribution < 1.29 is 23.8 Å². The van der Waals surface area contributed by atoms with E-state index in [0.717, 1.165) is 96.3 Å². The second-order valence-corrected chi connectivity index (χ2v) is 15.3. The van der Waals surface area contributed by atoms with Gasteiger partial charge in [-0.3, -0.25) is 9.59 Å². The molecule has 0 aliphatic rings. The molecular weight excluding hydrogens is 693 g/mol. The van der Waals surface area contributed by atoms with E-state index in [2.05, 4.69) is 93.7 Å². The number of esters is 2. The van der Waals surface area contributed by atoms with Gasteiger partial charge < -0.3 is 14.2 Å². The van der Waals surface area contributed by atoms with Crippen LogP contribution in [0.5, 0.6) is 0 Å². The van der Waals surface area contributed by atoms with E-state index in [-0.39, 0.29) is 25.2 Å². The van der Waals surface area contributed by atoms with Crippen molar-refractivity contribution in [2.24, 2.45) is 0 Å². The second-order valence-electron chi connectivity index (χ2n) is 15.3. The fraction of sp³-hybridized carbons (Fsp3) is 0.725. The average molecular weight is 781 g/mol. The number of carbonyl (C=O) groups excluding carboxylic acids is 2. The largest absolute Gasteiger partial charge is 0.462 e. The summed E-state index contributed by atoms with van der Waals surface area (Å²) in [4.78, 5) is 25.3. The van der Waals surface area contributed by atoms with E-state index in [9.17, 15) is 9.59 Å². The highest BCUT2D eigenvalue weighted by atomic mass is 16.6. The molecule has 0 aromatic heterocycles. The average Bonchev–Trinajstić information content (AvgIpc) is 3.20. The number of hydrogen-bond acceptors (Lipinski definition) is 5. The molecule has 0 radical (unpaired) electrons. The lowest BCUT2D eigenvalue weighted by atomic mass is 10.1. The maximum Gasteiger partial charge on any atom is 0.306 e. The molecule has 5 nitrogen and oxygen atoms in total. The van der Waals surface area contributed by atoms with Crippen molar-refractivity contribution in [3.8, 4) is 0 Å². The van der Waals surface area contributed by atoms with Crippen LogP contribution in [0.2, 0.25) is 0 Å². The Balaban J connectivity index is 4.32. The van der Waals surface area contributed by atoms with Crippen LogP contribution < -0.4 is 0 Å². The van der Waals surface area contributed by atoms with Crippen LogP contribution in [0.1, 0.15) is 213 Å². The lowest BCUT2D eigenvalue weighted by Crippen LogP contribution is -2.30. The highest BCUT2D eigenvalue weighted by Crippen LogP contribution is 2.13. The van der Waals surface area contributed by atoms with Crippen LogP contribution in [0, 0.1) is 0 Å². The number of ether oxygens (including phenoxy) is 3. The van der Waals surface area contributed by atoms with Crippen molar-refractivity contribution in [3.05, 3.63) is 72.9 Å². The molecule has 0 aliphatic heterocycles. The Labute approximate surface area is 347 Å². The van der Waals surface area contributed by atoms with Crippen molar-refractivity contribution in [3.63, 3.8) is 0 Å². The maximum atomic E-state index is 12.7. The summed E-state index contributed by atoms with van der Waals surface area (Å²) in [6, 6.07) is 0. The lowest BCUT2D eigenvalue weighted by Gasteiger charge is -2.18. The van der Waals surface area contributed by atoms with Gasteiger partial charge in [-0.25, -0.2) is 0 Å². The van der Waals surface area contributed by atoms with E-state index < -0.39 is 6.10 Å². The minimum atomic E-state index is -0.554. The van der Waals surface area contributed by atoms with Gasteiger partial charge in [0, 0.05) is 19.4 Å². The minimum Gasteiger partial charge on any atom is -0.462 e. The van der Waals surface area contributed by atoms with Crippen LogP contribution in [0.3, 0.4) is 0 Å². The summed E-state index contributed by atoms with van der Waals surface area (Å²) < 4.78 is 17.3. The van der Waals surface area contributed by atoms with Gasteiger partial charge in [-0.05, 0) is 96.3 Å². The Bertz CT molecular complexity index is 1020. The third kappa shape index (κ3) is 44.1. The zero-order chi connectivity index (χ0) is 40.7. The molecule has 0 aromatic carbocycles. The molecule has 0 saturated heterocycles. The molecule has 0 saturated carbocycles. The van der Waals surface area contributed by atoms with Gasteiger partial charge in [0.2, 0.25) is 0 Å². The molecule has 0 aliphatic carbocycles. The van der Waals surface area contributed by atoms with Crippen molar-refractivity contribution in [2.45, 2.75) is 219 Å². The summed E-state index contributed by atoms with van der Waals surface area (Å²) >= 11 is 0. The van der Waals surface area contributed by atoms with Crippen LogP contribution >= 0.6 is 0 Å². The molecule has 0 bridgehead atoms. The number of carbonyl (C=O) groups is 2. The first kappa shape index (κ1) is 53.3. The van der Waals surface area contributed by atoms with Crippen LogP contribution in [-0.2, 0) is 23.8 Å². The predicted octanol–water partition coefficient (Wildman–Crippen LogP) is 15.6. The highest BCUT2D eigenvalue weighted by Gasteiger charge is 2.17. The first-order valence-electron chi connectivity index (χ1n) is 23.5. The third-order valence-corrected chi connectivity index (χ3v) is 9.68. The number of hydrogen-bond donors (Lipinski definition) is 0. The molecule has 1 atom stereocenters. The van der Waals surface area contributed by atoms with Crippen molar-refractivity contribution in [2.75, 3.05) is 19.8 Å². The lowest BCUT2D eigenvalue weighted by molar-refractivity contribution is -0.163. The van der Waals surface area contributed by atoms with Crippen LogP contribution in [0.25, 0.3) is 0 Å². The third-order valence-electron chi connectivity index (χ3n) is 9.68. The topological polar surface area (TPSA) is 61.8 Å². The summed E-state index contributed by atoms with van der Waals surface area (Å²) in [6.07, 6.45) is 59.0. The van der Waals surface area contributed by atoms with Gasteiger partial charge in [-0.15, -0.1) is 0 Å². The molecule has 0 heterocycles. The van der Waals surface area contributed by atoms with Crippen molar-refractivity contribution in [1.82, 2.24) is 0 Å². The smallest absolute Gasteiger partial charge is 0.306 e. The van der Waals surface area contributed by atoms with Gasteiger partial charge in [-0.2, -0.15) is 0 Å². The first-order valence-corrected chi connectivity index (χ1v) is 23.5. The SMILES string of the molecule is CC/C=C\C/C=C\C/C=C\CCCCCCCC(=O)OCC(COCCCCCCCC/C=C\CCCC)OC(=O)CCCCCCC/C=C\C/C=C\CCC. The van der Waals surface area contributed by atoms with Gasteiger partial charge in [-0.1, -0.05) is 177 Å². The van der Waals surface area contributed by atoms with E-state index >= 15 is 0 Å². The molecule has 5 heteroatoms. The molecular formula is C51H88O5. The number of unbranched alkanes of at least 4 members (excludes halogenated alkanes) is 19. The Hall–Kier alpha value is -2.66. The van der Waals surface area contributed by atoms with Crippen LogP contribution in [0.4, 0.5) is 0 Å². The molecule has 56 heavy (non-hydrogen) atoms. The molecule has 0 fully saturated rings. The van der Waals surface area contributed by atoms with Gasteiger partial charge in [0.05, 0.1) is 6.61 Å². The van der Waals surface area contributed by atoms with E-state index in [4.69, 9.17) is 14.2 Å². The molecule has 0 rings (SSSR count). The Morgan fingerprint density at radius 2 is 0.839 bits per heavy atom. The summed E-state index contributed by atoms with van der Waals surface area (Å²) in [7, 11) is 0. The molecule has 0 aromatic rings. The molecule has 322 valence electrons. The zero-order valence-corrected chi connectivity index (χ0v) is 36.9. The van der Waals surface area contributed by atoms with Gasteiger partial charge in [0.1, 0.15) is 6.61 Å². The molecule has 0 amide bonds. The summed E-state index contributed by atoms with van der Waals surface area (Å²) in [5.41, 5.74) is 0. The number of allylic oxidation sites excluding steroid dienone is 12. The van der Waals surface area contributed by atoms with Crippen molar-refractivity contribution >= 4 is 11.9 Å². The van der Waals surface area contributed by atoms with E-state index in [0.29, 0.717) is 19.4 Å². The van der Waals surface area contributed by atoms with Gasteiger partial charge >= 0.3 is 11.9 Å². The van der Waals surface area contributed by atoms with Crippen LogP contribution in [-0.4, -0.2) is 37.9 Å². The van der Waals surface area contributed by atoms with Gasteiger partial charge in [0.15, 0.2) is 6.10 Å². The molecule has 1 unspecified atom stereocenters. The molecule has 0 N–H and O–H groups in total. The number of rotatable bonds is 42. The second kappa shape index (κ2) is 46.7. The normalized spacial score (nSPS) is 12.8. The standard InChI is InChI=1S/C51H88O5/c1-4-7-10-13-16-19-22-25-26-28-29-32-35-38-41-44-50(52)55-48-49(47-54-46-43-40-37-34-31-24-21-18-15-12-9-6-3)56-51(53)45-42-39-36-33-30-27-23-20-17-14-11-8-5-2/h7,10-11,14-16,18-20,23,25-26,49H,4-6,8-9,12-13,17,21-22,24,27-48H2,1-3H3/b10-7-,14-11-,18-15-,19-16-,23-20-,26-25-. The van der Waals surface area contributed by atoms with Crippen LogP contribution in [0.15, 0.2) is 72.9 Å². The van der Waals surface area contributed by atoms with Gasteiger partial charge in [0.25, 0.3) is 0 Å². The quantitative estimate of drug-likeness (QED) is 0.0351. The highest BCUT2D eigenvalue weighted by molar-refractivity contribution is 5.70. The zero-order valence-electron chi connectivity index (χ0n) is 36.9. The maximum absolute atomic E-state index is 12.7. The van der Waals surface area contributed by atoms with E-state index in [1.165, 1.54) is 83.5 Å².